The molecule has 0 bridgehead atoms. The number of methoxy groups -OCH3 is 1. The molecule has 0 aliphatic heterocycles. The van der Waals surface area contributed by atoms with E-state index in [1.807, 2.05) is 19.1 Å². The van der Waals surface area contributed by atoms with Gasteiger partial charge in [-0.05, 0) is 43.5 Å². The predicted molar refractivity (Wildman–Crippen MR) is 125 cm³/mol. The number of benzene rings is 1. The molecule has 0 unspecified atom stereocenters. The Labute approximate surface area is 193 Å². The van der Waals surface area contributed by atoms with Crippen molar-refractivity contribution in [3.8, 4) is 11.5 Å². The number of nitrogens with two attached hydrogens (primary N) is 1. The third kappa shape index (κ3) is 6.93. The fourth-order valence-electron chi connectivity index (χ4n) is 2.99. The maximum absolute atomic E-state index is 9.52. The average Bonchev–Trinajstić information content (AvgIpc) is 2.74. The molecule has 2 aromatic rings. The third-order valence-corrected chi connectivity index (χ3v) is 4.69. The second-order valence-electron chi connectivity index (χ2n) is 7.70. The predicted octanol–water partition coefficient (Wildman–Crippen LogP) is 3.29. The largest absolute Gasteiger partial charge is 0.493 e. The van der Waals surface area contributed by atoms with Gasteiger partial charge in [0.25, 0.3) is 0 Å². The number of aryl methyl sites for hydroxylation is 1. The number of aliphatic hydroxyl groups excluding tert-OH is 2. The molecule has 0 saturated carbocycles. The highest BCUT2D eigenvalue weighted by atomic mass is 35.5. The zero-order chi connectivity index (χ0) is 23.8. The molecule has 0 aliphatic carbocycles. The molecule has 1 aromatic heterocycles. The molecular formula is C23H30ClN3O5. The van der Waals surface area contributed by atoms with Gasteiger partial charge in [-0.1, -0.05) is 32.0 Å². The number of nitrogens with zero attached hydrogens (tertiary/aromatic N) is 2. The lowest BCUT2D eigenvalue weighted by Crippen LogP contribution is -2.21. The van der Waals surface area contributed by atoms with E-state index >= 15 is 0 Å². The van der Waals surface area contributed by atoms with E-state index in [1.165, 1.54) is 7.11 Å². The van der Waals surface area contributed by atoms with Crippen LogP contribution in [0, 0.1) is 12.8 Å². The lowest BCUT2D eigenvalue weighted by Gasteiger charge is -2.16. The first-order valence-corrected chi connectivity index (χ1v) is 10.5. The van der Waals surface area contributed by atoms with E-state index in [4.69, 9.17) is 36.9 Å². The molecule has 1 atom stereocenters. The van der Waals surface area contributed by atoms with E-state index in [9.17, 15) is 5.11 Å². The number of aromatic nitrogens is 1. The minimum Gasteiger partial charge on any atom is -0.493 e. The summed E-state index contributed by atoms with van der Waals surface area (Å²) in [6, 6.07) is 6.98. The Balaban J connectivity index is 2.37. The first kappa shape index (κ1) is 25.6. The minimum atomic E-state index is -1.04. The molecule has 0 aliphatic rings. The third-order valence-electron chi connectivity index (χ3n) is 4.41. The van der Waals surface area contributed by atoms with E-state index in [-0.39, 0.29) is 23.3 Å². The maximum Gasteiger partial charge on any atom is 0.245 e. The summed E-state index contributed by atoms with van der Waals surface area (Å²) >= 11 is 6.36. The van der Waals surface area contributed by atoms with E-state index in [2.05, 4.69) is 30.4 Å². The maximum atomic E-state index is 9.52. The van der Waals surface area contributed by atoms with Crippen LogP contribution in [-0.4, -0.2) is 47.5 Å². The molecule has 4 N–H and O–H groups in total. The zero-order valence-electron chi connectivity index (χ0n) is 18.8. The van der Waals surface area contributed by atoms with Crippen LogP contribution in [-0.2, 0) is 11.3 Å². The van der Waals surface area contributed by atoms with Gasteiger partial charge in [0.05, 0.1) is 24.4 Å². The van der Waals surface area contributed by atoms with Gasteiger partial charge in [-0.15, -0.1) is 0 Å². The molecule has 0 amide bonds. The minimum absolute atomic E-state index is 0.143. The lowest BCUT2D eigenvalue weighted by molar-refractivity contribution is 0.0527. The van der Waals surface area contributed by atoms with Crippen LogP contribution in [0.5, 0.6) is 11.5 Å². The Morgan fingerprint density at radius 2 is 1.97 bits per heavy atom. The quantitative estimate of drug-likeness (QED) is 0.281. The Kier molecular flexibility index (Phi) is 9.46. The van der Waals surface area contributed by atoms with Crippen molar-refractivity contribution >= 4 is 23.2 Å². The van der Waals surface area contributed by atoms with Crippen molar-refractivity contribution in [3.63, 3.8) is 0 Å². The number of halogens is 1. The van der Waals surface area contributed by atoms with Crippen molar-refractivity contribution in [1.29, 1.82) is 0 Å². The molecule has 0 radical (unpaired) electrons. The zero-order valence-corrected chi connectivity index (χ0v) is 19.5. The number of rotatable bonds is 10. The van der Waals surface area contributed by atoms with Crippen LogP contribution < -0.4 is 15.4 Å². The summed E-state index contributed by atoms with van der Waals surface area (Å²) in [5, 5.41) is 18.7. The molecule has 0 spiro atoms. The number of hydrogen-bond donors (Lipinski definition) is 3. The molecular weight excluding hydrogens is 434 g/mol. The first-order chi connectivity index (χ1) is 15.2. The van der Waals surface area contributed by atoms with Gasteiger partial charge in [-0.25, -0.2) is 4.99 Å². The number of hydrogen-bond acceptors (Lipinski definition) is 8. The van der Waals surface area contributed by atoms with Crippen molar-refractivity contribution in [1.82, 2.24) is 4.98 Å². The molecule has 0 saturated heterocycles. The van der Waals surface area contributed by atoms with E-state index in [0.717, 1.165) is 17.8 Å². The van der Waals surface area contributed by atoms with Crippen molar-refractivity contribution in [2.75, 3.05) is 20.3 Å². The van der Waals surface area contributed by atoms with Crippen molar-refractivity contribution in [2.24, 2.45) is 16.8 Å². The van der Waals surface area contributed by atoms with Gasteiger partial charge < -0.3 is 24.5 Å². The fraction of sp³-hybridized carbons (Fsp3) is 0.391. The summed E-state index contributed by atoms with van der Waals surface area (Å²) in [4.78, 5) is 14.1. The molecule has 0 fully saturated rings. The fourth-order valence-corrected chi connectivity index (χ4v) is 3.25. The molecule has 1 aromatic carbocycles. The van der Waals surface area contributed by atoms with Gasteiger partial charge in [0.15, 0.2) is 11.5 Å². The smallest absolute Gasteiger partial charge is 0.245 e. The number of ether oxygens (including phenoxy) is 2. The summed E-state index contributed by atoms with van der Waals surface area (Å²) in [6.45, 7) is 9.56. The average molecular weight is 464 g/mol. The van der Waals surface area contributed by atoms with Gasteiger partial charge >= 0.3 is 0 Å². The number of aliphatic hydroxyl groups is 2. The van der Waals surface area contributed by atoms with Crippen molar-refractivity contribution in [2.45, 2.75) is 33.3 Å². The first-order valence-electron chi connectivity index (χ1n) is 10.1. The standard InChI is InChI=1S/C23H30ClN3O5/c1-13(2)6-18-8-17(7-14(3)26-18)23(32-25)27-15(4)16-9-20(24)22(21(10-16)30-5)31-12-19(29)11-28/h7-10,13,19,28-29H,4,6,11-12,25H2,1-3,5H3/t19-/m0/s1. The monoisotopic (exact) mass is 463 g/mol. The molecule has 8 nitrogen and oxygen atoms in total. The van der Waals surface area contributed by atoms with Crippen LogP contribution in [0.3, 0.4) is 0 Å². The van der Waals surface area contributed by atoms with Crippen LogP contribution in [0.4, 0.5) is 0 Å². The van der Waals surface area contributed by atoms with Gasteiger partial charge in [0, 0.05) is 22.5 Å². The summed E-state index contributed by atoms with van der Waals surface area (Å²) in [6.07, 6.45) is -0.226. The molecule has 9 heteroatoms. The molecule has 2 rings (SSSR count). The van der Waals surface area contributed by atoms with Crippen LogP contribution in [0.1, 0.15) is 36.4 Å². The van der Waals surface area contributed by atoms with Crippen LogP contribution >= 0.6 is 11.6 Å². The Morgan fingerprint density at radius 3 is 2.56 bits per heavy atom. The van der Waals surface area contributed by atoms with Crippen LogP contribution in [0.2, 0.25) is 5.02 Å². The Morgan fingerprint density at radius 1 is 1.25 bits per heavy atom. The molecule has 32 heavy (non-hydrogen) atoms. The second kappa shape index (κ2) is 11.8. The highest BCUT2D eigenvalue weighted by Gasteiger charge is 2.16. The SMILES string of the molecule is C=C(N=C(ON)c1cc(C)nc(CC(C)C)c1)c1cc(Cl)c(OC[C@@H](O)CO)c(OC)c1. The summed E-state index contributed by atoms with van der Waals surface area (Å²) in [5.74, 6) is 6.71. The Bertz CT molecular complexity index is 978. The van der Waals surface area contributed by atoms with E-state index < -0.39 is 12.7 Å². The van der Waals surface area contributed by atoms with Gasteiger partial charge in [0.1, 0.15) is 12.7 Å². The molecule has 174 valence electrons. The van der Waals surface area contributed by atoms with Gasteiger partial charge in [0.2, 0.25) is 5.90 Å². The molecule has 1 heterocycles. The van der Waals surface area contributed by atoms with Crippen LogP contribution in [0.25, 0.3) is 5.70 Å². The summed E-state index contributed by atoms with van der Waals surface area (Å²) in [5.41, 5.74) is 3.33. The normalized spacial score (nSPS) is 12.6. The second-order valence-corrected chi connectivity index (χ2v) is 8.11. The number of aliphatic imine (C=N–C) groups is 1. The highest BCUT2D eigenvalue weighted by Crippen LogP contribution is 2.38. The summed E-state index contributed by atoms with van der Waals surface area (Å²) < 4.78 is 10.9. The summed E-state index contributed by atoms with van der Waals surface area (Å²) in [7, 11) is 1.46. The van der Waals surface area contributed by atoms with Crippen LogP contribution in [0.15, 0.2) is 35.8 Å². The lowest BCUT2D eigenvalue weighted by atomic mass is 10.1. The Hall–Kier alpha value is -2.65. The van der Waals surface area contributed by atoms with Gasteiger partial charge in [-0.2, -0.15) is 5.90 Å². The van der Waals surface area contributed by atoms with Crippen molar-refractivity contribution < 1.29 is 24.5 Å². The van der Waals surface area contributed by atoms with E-state index in [0.29, 0.717) is 28.5 Å². The van der Waals surface area contributed by atoms with E-state index in [1.54, 1.807) is 12.1 Å². The topological polar surface area (TPSA) is 119 Å². The van der Waals surface area contributed by atoms with Crippen molar-refractivity contribution in [3.05, 3.63) is 58.4 Å². The highest BCUT2D eigenvalue weighted by molar-refractivity contribution is 6.32. The van der Waals surface area contributed by atoms with Gasteiger partial charge in [-0.3, -0.25) is 4.98 Å². The number of pyridine rings is 1.